The highest BCUT2D eigenvalue weighted by atomic mass is 16.6. The molecule has 0 aromatic carbocycles. The molecular weight excluding hydrogens is 380 g/mol. The standard InChI is InChI=1S/C25H30O5/c1-15-6-5-7-19(26)10-18-8-9-20(29-14-18)21-22(27)25(30-23(21)28)13-17(3)16(2)12-24(25,4)11-15/h5-6,8-10,12,15,17,19,26H,7,11,13-14H2,1-4H3/b6-5+,18-10-,21-20+. The van der Waals surface area contributed by atoms with Crippen molar-refractivity contribution in [1.29, 1.82) is 0 Å². The second-order valence-corrected chi connectivity index (χ2v) is 9.47. The summed E-state index contributed by atoms with van der Waals surface area (Å²) >= 11 is 0. The van der Waals surface area contributed by atoms with E-state index in [1.165, 1.54) is 5.57 Å². The number of ketones is 1. The Bertz CT molecular complexity index is 933. The van der Waals surface area contributed by atoms with Gasteiger partial charge in [0, 0.05) is 11.8 Å². The maximum atomic E-state index is 13.8. The van der Waals surface area contributed by atoms with Crippen LogP contribution in [0.25, 0.3) is 0 Å². The van der Waals surface area contributed by atoms with Gasteiger partial charge in [-0.25, -0.2) is 4.79 Å². The molecule has 5 atom stereocenters. The van der Waals surface area contributed by atoms with Gasteiger partial charge < -0.3 is 14.6 Å². The molecule has 1 fully saturated rings. The van der Waals surface area contributed by atoms with Gasteiger partial charge in [-0.05, 0) is 49.3 Å². The first-order valence-electron chi connectivity index (χ1n) is 10.7. The highest BCUT2D eigenvalue weighted by Gasteiger charge is 2.64. The minimum Gasteiger partial charge on any atom is -0.488 e. The molecule has 0 radical (unpaired) electrons. The van der Waals surface area contributed by atoms with Gasteiger partial charge in [0.25, 0.3) is 0 Å². The minimum atomic E-state index is -1.22. The van der Waals surface area contributed by atoms with Gasteiger partial charge in [-0.15, -0.1) is 0 Å². The molecule has 2 aliphatic carbocycles. The maximum absolute atomic E-state index is 13.8. The first-order chi connectivity index (χ1) is 14.1. The number of hydrogen-bond donors (Lipinski definition) is 1. The molecule has 5 heteroatoms. The monoisotopic (exact) mass is 410 g/mol. The highest BCUT2D eigenvalue weighted by Crippen LogP contribution is 2.55. The van der Waals surface area contributed by atoms with E-state index in [2.05, 4.69) is 32.9 Å². The number of allylic oxidation sites excluding steroid dienone is 3. The molecule has 3 heterocycles. The van der Waals surface area contributed by atoms with Crippen molar-refractivity contribution in [2.75, 3.05) is 6.61 Å². The predicted molar refractivity (Wildman–Crippen MR) is 113 cm³/mol. The number of hydrogen-bond acceptors (Lipinski definition) is 5. The molecule has 160 valence electrons. The van der Waals surface area contributed by atoms with E-state index in [1.54, 1.807) is 18.2 Å². The van der Waals surface area contributed by atoms with E-state index in [-0.39, 0.29) is 35.6 Å². The number of aliphatic hydroxyl groups excluding tert-OH is 1. The minimum absolute atomic E-state index is 0.00953. The second kappa shape index (κ2) is 7.38. The van der Waals surface area contributed by atoms with Crippen molar-refractivity contribution in [3.63, 3.8) is 0 Å². The Hall–Kier alpha value is -2.40. The lowest BCUT2D eigenvalue weighted by Gasteiger charge is -2.47. The largest absolute Gasteiger partial charge is 0.488 e. The number of Topliss-reactive ketones (excluding diaryl/α,β-unsaturated/α-hetero) is 1. The molecular formula is C25H30O5. The van der Waals surface area contributed by atoms with Crippen LogP contribution in [-0.2, 0) is 19.1 Å². The Balaban J connectivity index is 1.89. The van der Waals surface area contributed by atoms with Gasteiger partial charge in [0.05, 0.1) is 6.10 Å². The molecule has 0 aromatic heterocycles. The van der Waals surface area contributed by atoms with Crippen molar-refractivity contribution in [3.8, 4) is 0 Å². The van der Waals surface area contributed by atoms with Crippen LogP contribution in [0, 0.1) is 17.3 Å². The number of fused-ring (bicyclic) bond motifs is 6. The number of aliphatic hydroxyl groups is 1. The molecule has 0 aromatic rings. The van der Waals surface area contributed by atoms with E-state index in [0.717, 1.165) is 5.57 Å². The maximum Gasteiger partial charge on any atom is 0.346 e. The topological polar surface area (TPSA) is 72.8 Å². The van der Waals surface area contributed by atoms with Gasteiger partial charge in [0.15, 0.2) is 5.60 Å². The van der Waals surface area contributed by atoms with Crippen LogP contribution in [0.15, 0.2) is 58.9 Å². The first kappa shape index (κ1) is 20.9. The molecule has 0 amide bonds. The highest BCUT2D eigenvalue weighted by molar-refractivity contribution is 6.26. The number of rotatable bonds is 0. The van der Waals surface area contributed by atoms with Crippen molar-refractivity contribution in [1.82, 2.24) is 0 Å². The smallest absolute Gasteiger partial charge is 0.346 e. The Morgan fingerprint density at radius 2 is 1.93 bits per heavy atom. The summed E-state index contributed by atoms with van der Waals surface area (Å²) in [7, 11) is 0. The van der Waals surface area contributed by atoms with Gasteiger partial charge in [0.2, 0.25) is 5.78 Å². The van der Waals surface area contributed by atoms with Crippen molar-refractivity contribution >= 4 is 11.8 Å². The summed E-state index contributed by atoms with van der Waals surface area (Å²) < 4.78 is 11.8. The van der Waals surface area contributed by atoms with Crippen molar-refractivity contribution in [2.24, 2.45) is 17.3 Å². The molecule has 5 unspecified atom stereocenters. The molecule has 3 aliphatic heterocycles. The zero-order valence-corrected chi connectivity index (χ0v) is 18.1. The van der Waals surface area contributed by atoms with E-state index < -0.39 is 23.1 Å². The lowest BCUT2D eigenvalue weighted by Crippen LogP contribution is -2.54. The van der Waals surface area contributed by atoms with E-state index in [9.17, 15) is 14.7 Å². The van der Waals surface area contributed by atoms with Gasteiger partial charge in [-0.2, -0.15) is 0 Å². The molecule has 5 rings (SSSR count). The van der Waals surface area contributed by atoms with Gasteiger partial charge in [0.1, 0.15) is 17.9 Å². The van der Waals surface area contributed by atoms with Crippen molar-refractivity contribution in [3.05, 3.63) is 58.9 Å². The van der Waals surface area contributed by atoms with Crippen LogP contribution in [0.1, 0.15) is 47.0 Å². The van der Waals surface area contributed by atoms with Crippen LogP contribution in [0.3, 0.4) is 0 Å². The average molecular weight is 411 g/mol. The predicted octanol–water partition coefficient (Wildman–Crippen LogP) is 3.96. The van der Waals surface area contributed by atoms with Crippen LogP contribution in [0.2, 0.25) is 0 Å². The summed E-state index contributed by atoms with van der Waals surface area (Å²) in [5.41, 5.74) is 0.172. The van der Waals surface area contributed by atoms with Gasteiger partial charge >= 0.3 is 5.97 Å². The summed E-state index contributed by atoms with van der Waals surface area (Å²) in [5.74, 6) is -0.336. The molecule has 0 saturated carbocycles. The summed E-state index contributed by atoms with van der Waals surface area (Å²) in [6, 6.07) is 0. The Morgan fingerprint density at radius 3 is 2.63 bits per heavy atom. The fraction of sp³-hybridized carbons (Fsp3) is 0.520. The van der Waals surface area contributed by atoms with E-state index in [4.69, 9.17) is 9.47 Å². The Labute approximate surface area is 177 Å². The molecule has 1 N–H and O–H groups in total. The van der Waals surface area contributed by atoms with E-state index >= 15 is 0 Å². The molecule has 30 heavy (non-hydrogen) atoms. The third-order valence-electron chi connectivity index (χ3n) is 6.99. The van der Waals surface area contributed by atoms with Gasteiger partial charge in [-0.3, -0.25) is 4.79 Å². The van der Waals surface area contributed by atoms with Crippen molar-refractivity contribution < 1.29 is 24.2 Å². The molecule has 1 spiro atoms. The zero-order chi connectivity index (χ0) is 21.7. The summed E-state index contributed by atoms with van der Waals surface area (Å²) in [4.78, 5) is 26.8. The second-order valence-electron chi connectivity index (χ2n) is 9.47. The van der Waals surface area contributed by atoms with Crippen LogP contribution in [-0.4, -0.2) is 35.2 Å². The van der Waals surface area contributed by atoms with Crippen LogP contribution in [0.4, 0.5) is 0 Å². The van der Waals surface area contributed by atoms with Crippen molar-refractivity contribution in [2.45, 2.75) is 58.7 Å². The van der Waals surface area contributed by atoms with E-state index in [1.807, 2.05) is 13.0 Å². The number of carbonyl (C=O) groups is 2. The quantitative estimate of drug-likeness (QED) is 0.372. The van der Waals surface area contributed by atoms with E-state index in [0.29, 0.717) is 19.3 Å². The van der Waals surface area contributed by atoms with Crippen LogP contribution >= 0.6 is 0 Å². The number of esters is 1. The number of ether oxygens (including phenoxy) is 2. The number of carbonyl (C=O) groups excluding carboxylic acids is 2. The Kier molecular flexibility index (Phi) is 5.13. The molecule has 5 aliphatic rings. The van der Waals surface area contributed by atoms with Crippen LogP contribution < -0.4 is 0 Å². The third-order valence-corrected chi connectivity index (χ3v) is 6.99. The normalized spacial score (nSPS) is 44.1. The molecule has 1 saturated heterocycles. The fourth-order valence-electron chi connectivity index (χ4n) is 5.29. The average Bonchev–Trinajstić information content (AvgIpc) is 2.91. The SMILES string of the molecule is CC1=CC2(C)CC(C)/C=C/CC(O)/C=C3C=C/C(=C4\C(=O)OC2(CC1C)C4=O)OC/3. The lowest BCUT2D eigenvalue weighted by molar-refractivity contribution is -0.166. The Morgan fingerprint density at radius 1 is 1.17 bits per heavy atom. The first-order valence-corrected chi connectivity index (χ1v) is 10.7. The summed E-state index contributed by atoms with van der Waals surface area (Å²) in [6.45, 7) is 8.47. The van der Waals surface area contributed by atoms with Crippen LogP contribution in [0.5, 0.6) is 0 Å². The lowest BCUT2D eigenvalue weighted by atomic mass is 9.58. The summed E-state index contributed by atoms with van der Waals surface area (Å²) in [5, 5.41) is 10.3. The third kappa shape index (κ3) is 3.29. The summed E-state index contributed by atoms with van der Waals surface area (Å²) in [6.07, 6.45) is 12.4. The van der Waals surface area contributed by atoms with Gasteiger partial charge in [-0.1, -0.05) is 50.6 Å². The zero-order valence-electron chi connectivity index (χ0n) is 18.1. The fourth-order valence-corrected chi connectivity index (χ4v) is 5.29. The molecule has 4 bridgehead atoms. The molecule has 5 nitrogen and oxygen atoms in total.